The molecule has 0 saturated carbocycles. The van der Waals surface area contributed by atoms with E-state index in [1.165, 1.54) is 6.92 Å². The van der Waals surface area contributed by atoms with Gasteiger partial charge in [-0.25, -0.2) is 3.62 Å². The van der Waals surface area contributed by atoms with Crippen LogP contribution in [0.3, 0.4) is 0 Å². The summed E-state index contributed by atoms with van der Waals surface area (Å²) in [4.78, 5) is 10.1. The minimum atomic E-state index is -2.48. The lowest BCUT2D eigenvalue weighted by molar-refractivity contribution is -0.118. The van der Waals surface area contributed by atoms with Crippen molar-refractivity contribution in [2.24, 2.45) is 0 Å². The summed E-state index contributed by atoms with van der Waals surface area (Å²) in [5.41, 5.74) is 0. The van der Waals surface area contributed by atoms with E-state index in [4.69, 9.17) is 0 Å². The van der Waals surface area contributed by atoms with E-state index in [9.17, 15) is 9.36 Å². The Morgan fingerprint density at radius 2 is 2.33 bits per heavy atom. The maximum atomic E-state index is 10.3. The summed E-state index contributed by atoms with van der Waals surface area (Å²) in [6, 6.07) is 0. The molecule has 0 rings (SSSR count). The molecule has 1 unspecified atom stereocenters. The largest absolute Gasteiger partial charge is 0.330 e. The normalized spacial score (nSPS) is 13.1. The van der Waals surface area contributed by atoms with Gasteiger partial charge in [0.25, 0.3) is 0 Å². The molecular weight excluding hydrogens is 211 g/mol. The van der Waals surface area contributed by atoms with E-state index in [0.29, 0.717) is 0 Å². The summed E-state index contributed by atoms with van der Waals surface area (Å²) in [5, 5.41) is 0. The van der Waals surface area contributed by atoms with E-state index < -0.39 is 8.25 Å². The van der Waals surface area contributed by atoms with Gasteiger partial charge < -0.3 is 4.52 Å². The van der Waals surface area contributed by atoms with Crippen molar-refractivity contribution in [3.63, 3.8) is 0 Å². The van der Waals surface area contributed by atoms with Crippen LogP contribution < -0.4 is 0 Å². The predicted molar refractivity (Wildman–Crippen MR) is 35.6 cm³/mol. The highest BCUT2D eigenvalue weighted by Crippen LogP contribution is 2.25. The van der Waals surface area contributed by atoms with Crippen LogP contribution in [0.5, 0.6) is 0 Å². The molecule has 0 aromatic carbocycles. The van der Waals surface area contributed by atoms with Crippen LogP contribution >= 0.6 is 24.5 Å². The standard InChI is InChI=1S/C3H6BrO4P/c1-3(5)2-7-9(6)8-4/h9H,2H2,1H3. The molecule has 0 aromatic heterocycles. The van der Waals surface area contributed by atoms with Crippen molar-refractivity contribution < 1.29 is 17.5 Å². The minimum absolute atomic E-state index is 0.163. The maximum absolute atomic E-state index is 10.3. The van der Waals surface area contributed by atoms with Crippen molar-refractivity contribution >= 4 is 30.3 Å². The molecule has 0 aromatic rings. The van der Waals surface area contributed by atoms with Crippen molar-refractivity contribution in [3.8, 4) is 0 Å². The monoisotopic (exact) mass is 216 g/mol. The highest BCUT2D eigenvalue weighted by molar-refractivity contribution is 9.06. The zero-order chi connectivity index (χ0) is 7.28. The highest BCUT2D eigenvalue weighted by Gasteiger charge is 1.98. The average Bonchev–Trinajstić information content (AvgIpc) is 1.83. The Morgan fingerprint density at radius 1 is 1.78 bits per heavy atom. The third-order valence-electron chi connectivity index (χ3n) is 0.456. The van der Waals surface area contributed by atoms with Crippen molar-refractivity contribution in [3.05, 3.63) is 0 Å². The zero-order valence-electron chi connectivity index (χ0n) is 4.72. The number of hydrogen-bond acceptors (Lipinski definition) is 4. The van der Waals surface area contributed by atoms with Crippen molar-refractivity contribution in [1.29, 1.82) is 0 Å². The number of ketones is 1. The van der Waals surface area contributed by atoms with Crippen molar-refractivity contribution in [2.75, 3.05) is 6.61 Å². The Hall–Kier alpha value is 0.300. The fourth-order valence-electron chi connectivity index (χ4n) is 0.183. The van der Waals surface area contributed by atoms with Gasteiger partial charge in [0, 0.05) is 0 Å². The summed E-state index contributed by atoms with van der Waals surface area (Å²) < 4.78 is 18.7. The lowest BCUT2D eigenvalue weighted by Crippen LogP contribution is -1.97. The van der Waals surface area contributed by atoms with Crippen molar-refractivity contribution in [1.82, 2.24) is 0 Å². The Morgan fingerprint density at radius 3 is 2.67 bits per heavy atom. The molecule has 0 fully saturated rings. The topological polar surface area (TPSA) is 52.6 Å². The molecule has 0 bridgehead atoms. The Kier molecular flexibility index (Phi) is 5.28. The number of Topliss-reactive ketones (excluding diaryl/α,β-unsaturated/α-hetero) is 1. The van der Waals surface area contributed by atoms with Crippen molar-refractivity contribution in [2.45, 2.75) is 6.92 Å². The van der Waals surface area contributed by atoms with Gasteiger partial charge in [0.1, 0.15) is 22.9 Å². The first-order valence-corrected chi connectivity index (χ1v) is 3.99. The Bertz CT molecular complexity index is 125. The minimum Gasteiger partial charge on any atom is -0.302 e. The van der Waals surface area contributed by atoms with Gasteiger partial charge in [0.05, 0.1) is 0 Å². The molecule has 6 heteroatoms. The fraction of sp³-hybridized carbons (Fsp3) is 0.667. The fourth-order valence-corrected chi connectivity index (χ4v) is 0.829. The van der Waals surface area contributed by atoms with Gasteiger partial charge in [-0.05, 0) is 6.92 Å². The third kappa shape index (κ3) is 6.18. The van der Waals surface area contributed by atoms with Gasteiger partial charge >= 0.3 is 8.25 Å². The Labute approximate surface area is 61.9 Å². The number of halogens is 1. The SMILES string of the molecule is CC(=O)CO[PH](=O)OBr. The second kappa shape index (κ2) is 5.11. The molecule has 0 heterocycles. The average molecular weight is 217 g/mol. The quantitative estimate of drug-likeness (QED) is 0.666. The first-order valence-electron chi connectivity index (χ1n) is 2.11. The first kappa shape index (κ1) is 9.30. The molecule has 4 nitrogen and oxygen atoms in total. The van der Waals surface area contributed by atoms with E-state index in [0.717, 1.165) is 0 Å². The van der Waals surface area contributed by atoms with Crippen LogP contribution in [0.15, 0.2) is 0 Å². The Balaban J connectivity index is 3.28. The lowest BCUT2D eigenvalue weighted by atomic mass is 10.5. The molecule has 0 saturated heterocycles. The smallest absolute Gasteiger partial charge is 0.302 e. The lowest BCUT2D eigenvalue weighted by Gasteiger charge is -1.94. The summed E-state index contributed by atoms with van der Waals surface area (Å²) in [5.74, 6) is -0.182. The van der Waals surface area contributed by atoms with Crippen LogP contribution in [0.1, 0.15) is 6.92 Å². The molecule has 9 heavy (non-hydrogen) atoms. The van der Waals surface area contributed by atoms with Crippen LogP contribution in [0.2, 0.25) is 0 Å². The van der Waals surface area contributed by atoms with Crippen LogP contribution in [0, 0.1) is 0 Å². The van der Waals surface area contributed by atoms with Gasteiger partial charge in [-0.2, -0.15) is 0 Å². The predicted octanol–water partition coefficient (Wildman–Crippen LogP) is 1.31. The van der Waals surface area contributed by atoms with Gasteiger partial charge in [-0.15, -0.1) is 0 Å². The molecule has 0 aliphatic carbocycles. The molecule has 0 spiro atoms. The zero-order valence-corrected chi connectivity index (χ0v) is 7.30. The molecule has 54 valence electrons. The maximum Gasteiger partial charge on any atom is 0.330 e. The molecule has 1 atom stereocenters. The molecular formula is C3H6BrO4P. The third-order valence-corrected chi connectivity index (χ3v) is 1.76. The van der Waals surface area contributed by atoms with E-state index in [2.05, 4.69) is 24.4 Å². The molecule has 0 amide bonds. The molecule has 0 aliphatic rings. The van der Waals surface area contributed by atoms with Crippen LogP contribution in [0.25, 0.3) is 0 Å². The summed E-state index contributed by atoms with van der Waals surface area (Å²) in [6.45, 7) is 1.17. The molecule has 0 radical (unpaired) electrons. The van der Waals surface area contributed by atoms with E-state index in [1.54, 1.807) is 0 Å². The second-order valence-corrected chi connectivity index (χ2v) is 3.23. The van der Waals surface area contributed by atoms with Crippen LogP contribution in [0.4, 0.5) is 0 Å². The number of carbonyl (C=O) groups is 1. The number of carbonyl (C=O) groups excluding carboxylic acids is 1. The van der Waals surface area contributed by atoms with Gasteiger partial charge in [-0.1, -0.05) is 0 Å². The first-order chi connectivity index (χ1) is 4.16. The molecule has 0 N–H and O–H groups in total. The van der Waals surface area contributed by atoms with Gasteiger partial charge in [0.15, 0.2) is 5.78 Å². The van der Waals surface area contributed by atoms with Crippen LogP contribution in [-0.4, -0.2) is 12.4 Å². The summed E-state index contributed by atoms with van der Waals surface area (Å²) in [6.07, 6.45) is 0. The van der Waals surface area contributed by atoms with Gasteiger partial charge in [0.2, 0.25) is 0 Å². The van der Waals surface area contributed by atoms with Gasteiger partial charge in [-0.3, -0.25) is 9.36 Å². The highest BCUT2D eigenvalue weighted by atomic mass is 79.9. The number of hydrogen-bond donors (Lipinski definition) is 0. The second-order valence-electron chi connectivity index (χ2n) is 1.32. The summed E-state index contributed by atoms with van der Waals surface area (Å²) >= 11 is 2.46. The van der Waals surface area contributed by atoms with E-state index >= 15 is 0 Å². The van der Waals surface area contributed by atoms with E-state index in [-0.39, 0.29) is 12.4 Å². The van der Waals surface area contributed by atoms with Crippen LogP contribution in [-0.2, 0) is 17.5 Å². The molecule has 0 aliphatic heterocycles. The van der Waals surface area contributed by atoms with E-state index in [1.807, 2.05) is 0 Å². The summed E-state index contributed by atoms with van der Waals surface area (Å²) in [7, 11) is -2.48. The number of rotatable bonds is 4.